The zero-order chi connectivity index (χ0) is 23.0. The molecule has 0 bridgehead atoms. The van der Waals surface area contributed by atoms with E-state index in [2.05, 4.69) is 10.6 Å². The first-order chi connectivity index (χ1) is 14.8. The van der Waals surface area contributed by atoms with Crippen molar-refractivity contribution in [2.75, 3.05) is 12.4 Å². The van der Waals surface area contributed by atoms with Crippen molar-refractivity contribution in [3.8, 4) is 5.75 Å². The second-order valence-electron chi connectivity index (χ2n) is 6.88. The molecule has 2 rings (SSSR count). The number of rotatable bonds is 9. The van der Waals surface area contributed by atoms with Crippen LogP contribution in [0.25, 0.3) is 0 Å². The van der Waals surface area contributed by atoms with Crippen molar-refractivity contribution in [1.29, 1.82) is 0 Å². The first-order valence-corrected chi connectivity index (χ1v) is 9.58. The summed E-state index contributed by atoms with van der Waals surface area (Å²) in [6.07, 6.45) is -2.00. The van der Waals surface area contributed by atoms with Gasteiger partial charge in [-0.25, -0.2) is 4.79 Å². The number of benzene rings is 1. The summed E-state index contributed by atoms with van der Waals surface area (Å²) in [4.78, 5) is 46.2. The molecule has 11 nitrogen and oxygen atoms in total. The molecule has 0 spiro atoms. The quantitative estimate of drug-likeness (QED) is 0.364. The van der Waals surface area contributed by atoms with Crippen molar-refractivity contribution >= 4 is 29.9 Å². The summed E-state index contributed by atoms with van der Waals surface area (Å²) in [6, 6.07) is 3.81. The van der Waals surface area contributed by atoms with Crippen LogP contribution in [0, 0.1) is 0 Å². The van der Waals surface area contributed by atoms with Crippen molar-refractivity contribution in [1.82, 2.24) is 5.32 Å². The third-order valence-electron chi connectivity index (χ3n) is 4.50. The molecular formula is C20H26N2O9. The van der Waals surface area contributed by atoms with Gasteiger partial charge in [-0.15, -0.1) is 0 Å². The molecule has 1 aromatic rings. The van der Waals surface area contributed by atoms with Crippen molar-refractivity contribution in [2.24, 2.45) is 0 Å². The number of nitrogens with one attached hydrogen (secondary N) is 2. The highest BCUT2D eigenvalue weighted by atomic mass is 16.7. The number of aliphatic hydroxyl groups is 1. The maximum absolute atomic E-state index is 12.3. The summed E-state index contributed by atoms with van der Waals surface area (Å²) in [7, 11) is 1.21. The summed E-state index contributed by atoms with van der Waals surface area (Å²) < 4.78 is 21.5. The average molecular weight is 438 g/mol. The summed E-state index contributed by atoms with van der Waals surface area (Å²) >= 11 is 0. The van der Waals surface area contributed by atoms with Crippen LogP contribution < -0.4 is 15.4 Å². The van der Waals surface area contributed by atoms with Gasteiger partial charge in [0.05, 0.1) is 19.4 Å². The summed E-state index contributed by atoms with van der Waals surface area (Å²) in [5, 5.41) is 14.4. The van der Waals surface area contributed by atoms with Crippen LogP contribution in [0.4, 0.5) is 5.69 Å². The van der Waals surface area contributed by atoms with Crippen molar-refractivity contribution in [2.45, 2.75) is 57.8 Å². The average Bonchev–Trinajstić information content (AvgIpc) is 2.73. The molecule has 3 N–H and O–H groups in total. The highest BCUT2D eigenvalue weighted by molar-refractivity contribution is 5.96. The van der Waals surface area contributed by atoms with Gasteiger partial charge in [0.25, 0.3) is 0 Å². The van der Waals surface area contributed by atoms with E-state index in [0.29, 0.717) is 12.0 Å². The molecular weight excluding hydrogens is 412 g/mol. The number of carbonyl (C=O) groups excluding carboxylic acids is 4. The van der Waals surface area contributed by atoms with Crippen LogP contribution in [0.3, 0.4) is 0 Å². The van der Waals surface area contributed by atoms with Gasteiger partial charge in [-0.05, 0) is 24.6 Å². The van der Waals surface area contributed by atoms with E-state index in [0.717, 1.165) is 0 Å². The lowest BCUT2D eigenvalue weighted by Crippen LogP contribution is -2.44. The fourth-order valence-corrected chi connectivity index (χ4v) is 2.96. The molecule has 1 fully saturated rings. The number of ether oxygens (including phenoxy) is 4. The van der Waals surface area contributed by atoms with Gasteiger partial charge in [0.2, 0.25) is 18.6 Å². The minimum atomic E-state index is -1.01. The van der Waals surface area contributed by atoms with Crippen LogP contribution in [0.2, 0.25) is 0 Å². The SMILES string of the molecule is COC(=O)C1CC(OC(C)=O)CC(Oc2cc(CO)ccc2NC(=O)C(C)NC=O)O1. The third kappa shape index (κ3) is 6.93. The minimum Gasteiger partial charge on any atom is -0.467 e. The summed E-state index contributed by atoms with van der Waals surface area (Å²) in [5.41, 5.74) is 0.763. The predicted octanol–water partition coefficient (Wildman–Crippen LogP) is 0.241. The molecule has 4 unspecified atom stereocenters. The van der Waals surface area contributed by atoms with E-state index >= 15 is 0 Å². The largest absolute Gasteiger partial charge is 0.467 e. The summed E-state index contributed by atoms with van der Waals surface area (Å²) in [6.45, 7) is 2.48. The molecule has 1 heterocycles. The number of amides is 2. The lowest BCUT2D eigenvalue weighted by molar-refractivity contribution is -0.204. The first-order valence-electron chi connectivity index (χ1n) is 9.58. The normalized spacial score (nSPS) is 21.4. The van der Waals surface area contributed by atoms with E-state index in [1.165, 1.54) is 33.1 Å². The Hall–Kier alpha value is -3.18. The Kier molecular flexibility index (Phi) is 8.76. The van der Waals surface area contributed by atoms with E-state index < -0.39 is 42.4 Å². The lowest BCUT2D eigenvalue weighted by atomic mass is 10.0. The van der Waals surface area contributed by atoms with Crippen LogP contribution in [-0.4, -0.2) is 61.0 Å². The minimum absolute atomic E-state index is 0.112. The Balaban J connectivity index is 2.24. The van der Waals surface area contributed by atoms with Gasteiger partial charge in [-0.1, -0.05) is 6.07 Å². The van der Waals surface area contributed by atoms with Crippen LogP contribution in [0.1, 0.15) is 32.3 Å². The fraction of sp³-hybridized carbons (Fsp3) is 0.500. The molecule has 1 aliphatic heterocycles. The van der Waals surface area contributed by atoms with E-state index in [4.69, 9.17) is 18.9 Å². The van der Waals surface area contributed by atoms with Crippen LogP contribution in [0.15, 0.2) is 18.2 Å². The molecule has 1 saturated heterocycles. The molecule has 1 aromatic carbocycles. The maximum atomic E-state index is 12.3. The number of hydrogen-bond acceptors (Lipinski definition) is 9. The Bertz CT molecular complexity index is 814. The smallest absolute Gasteiger partial charge is 0.335 e. The van der Waals surface area contributed by atoms with Crippen molar-refractivity contribution in [3.63, 3.8) is 0 Å². The number of methoxy groups -OCH3 is 1. The zero-order valence-electron chi connectivity index (χ0n) is 17.5. The van der Waals surface area contributed by atoms with E-state index in [1.807, 2.05) is 0 Å². The predicted molar refractivity (Wildman–Crippen MR) is 106 cm³/mol. The lowest BCUT2D eigenvalue weighted by Gasteiger charge is -2.33. The first kappa shape index (κ1) is 24.1. The van der Waals surface area contributed by atoms with Gasteiger partial charge in [-0.3, -0.25) is 14.4 Å². The molecule has 1 aliphatic rings. The van der Waals surface area contributed by atoms with E-state index in [9.17, 15) is 24.3 Å². The Labute approximate surface area is 179 Å². The molecule has 31 heavy (non-hydrogen) atoms. The van der Waals surface area contributed by atoms with E-state index in [1.54, 1.807) is 6.07 Å². The van der Waals surface area contributed by atoms with Gasteiger partial charge < -0.3 is 34.7 Å². The number of carbonyl (C=O) groups is 4. The van der Waals surface area contributed by atoms with Gasteiger partial charge >= 0.3 is 11.9 Å². The van der Waals surface area contributed by atoms with Crippen LogP contribution >= 0.6 is 0 Å². The number of anilines is 1. The topological polar surface area (TPSA) is 149 Å². The second-order valence-corrected chi connectivity index (χ2v) is 6.88. The van der Waals surface area contributed by atoms with Gasteiger partial charge in [0.15, 0.2) is 6.10 Å². The Morgan fingerprint density at radius 2 is 2.06 bits per heavy atom. The highest BCUT2D eigenvalue weighted by Gasteiger charge is 2.37. The molecule has 11 heteroatoms. The van der Waals surface area contributed by atoms with Crippen LogP contribution in [-0.2, 0) is 40.0 Å². The summed E-state index contributed by atoms with van der Waals surface area (Å²) in [5.74, 6) is -1.49. The van der Waals surface area contributed by atoms with Crippen LogP contribution in [0.5, 0.6) is 5.75 Å². The highest BCUT2D eigenvalue weighted by Crippen LogP contribution is 2.31. The molecule has 4 atom stereocenters. The molecule has 0 saturated carbocycles. The third-order valence-corrected chi connectivity index (χ3v) is 4.50. The van der Waals surface area contributed by atoms with Gasteiger partial charge in [-0.2, -0.15) is 0 Å². The van der Waals surface area contributed by atoms with Gasteiger partial charge in [0, 0.05) is 19.8 Å². The Morgan fingerprint density at radius 1 is 1.32 bits per heavy atom. The number of hydrogen-bond donors (Lipinski definition) is 3. The monoisotopic (exact) mass is 438 g/mol. The number of aliphatic hydroxyl groups excluding tert-OH is 1. The molecule has 0 aromatic heterocycles. The van der Waals surface area contributed by atoms with Crippen molar-refractivity contribution in [3.05, 3.63) is 23.8 Å². The van der Waals surface area contributed by atoms with Gasteiger partial charge in [0.1, 0.15) is 17.9 Å². The maximum Gasteiger partial charge on any atom is 0.335 e. The second kappa shape index (κ2) is 11.3. The van der Waals surface area contributed by atoms with E-state index in [-0.39, 0.29) is 30.9 Å². The molecule has 0 radical (unpaired) electrons. The molecule has 2 amide bonds. The van der Waals surface area contributed by atoms with Crippen molar-refractivity contribution < 1.29 is 43.2 Å². The fourth-order valence-electron chi connectivity index (χ4n) is 2.96. The molecule has 0 aliphatic carbocycles. The number of esters is 2. The Morgan fingerprint density at radius 3 is 2.68 bits per heavy atom. The zero-order valence-corrected chi connectivity index (χ0v) is 17.5. The standard InChI is InChI=1S/C20H26N2O9/c1-11(21-10-24)19(26)22-15-5-4-13(9-23)6-16(15)30-18-8-14(29-12(2)25)7-17(31-18)20(27)28-3/h4-6,10-11,14,17-18,23H,7-9H2,1-3H3,(H,21,24)(H,22,26). The molecule has 170 valence electrons.